The van der Waals surface area contributed by atoms with Crippen LogP contribution in [0.5, 0.6) is 0 Å². The molecule has 2 heteroatoms. The van der Waals surface area contributed by atoms with Gasteiger partial charge in [0.15, 0.2) is 0 Å². The number of carbonyl (C=O) groups excluding carboxylic acids is 1. The average Bonchev–Trinajstić information content (AvgIpc) is 2.31. The predicted octanol–water partition coefficient (Wildman–Crippen LogP) is 4.18. The maximum absolute atomic E-state index is 11.3. The van der Waals surface area contributed by atoms with Crippen molar-refractivity contribution in [2.45, 2.75) is 66.2 Å². The first-order chi connectivity index (χ1) is 7.65. The van der Waals surface area contributed by atoms with E-state index >= 15 is 0 Å². The number of hydrogen-bond donors (Lipinski definition) is 0. The first kappa shape index (κ1) is 15.5. The predicted molar refractivity (Wildman–Crippen MR) is 68.3 cm³/mol. The molecule has 96 valence electrons. The summed E-state index contributed by atoms with van der Waals surface area (Å²) in [7, 11) is 0. The fraction of sp³-hybridized carbons (Fsp3) is 0.929. The summed E-state index contributed by atoms with van der Waals surface area (Å²) in [6.07, 6.45) is 5.99. The smallest absolute Gasteiger partial charge is 0.305 e. The molecule has 2 unspecified atom stereocenters. The van der Waals surface area contributed by atoms with E-state index in [1.165, 1.54) is 12.8 Å². The van der Waals surface area contributed by atoms with E-state index in [4.69, 9.17) is 4.74 Å². The molecule has 0 aromatic carbocycles. The second-order valence-corrected chi connectivity index (χ2v) is 4.67. The Morgan fingerprint density at radius 3 is 2.38 bits per heavy atom. The van der Waals surface area contributed by atoms with Gasteiger partial charge in [-0.05, 0) is 24.7 Å². The van der Waals surface area contributed by atoms with Crippen molar-refractivity contribution in [3.8, 4) is 0 Å². The van der Waals surface area contributed by atoms with Gasteiger partial charge in [-0.25, -0.2) is 0 Å². The van der Waals surface area contributed by atoms with Crippen molar-refractivity contribution in [3.05, 3.63) is 0 Å². The van der Waals surface area contributed by atoms with Crippen molar-refractivity contribution >= 4 is 5.97 Å². The first-order valence-corrected chi connectivity index (χ1v) is 6.81. The molecule has 0 N–H and O–H groups in total. The molecule has 0 heterocycles. The molecule has 0 spiro atoms. The highest BCUT2D eigenvalue weighted by Crippen LogP contribution is 2.22. The van der Waals surface area contributed by atoms with E-state index in [0.717, 1.165) is 25.2 Å². The summed E-state index contributed by atoms with van der Waals surface area (Å²) in [5.74, 6) is 1.41. The zero-order chi connectivity index (χ0) is 12.4. The third kappa shape index (κ3) is 6.86. The van der Waals surface area contributed by atoms with Crippen LogP contribution in [-0.4, -0.2) is 12.6 Å². The third-order valence-corrected chi connectivity index (χ3v) is 3.46. The van der Waals surface area contributed by atoms with E-state index in [1.54, 1.807) is 0 Å². The van der Waals surface area contributed by atoms with Crippen LogP contribution in [0.15, 0.2) is 0 Å². The second-order valence-electron chi connectivity index (χ2n) is 4.67. The van der Waals surface area contributed by atoms with E-state index < -0.39 is 0 Å². The highest BCUT2D eigenvalue weighted by molar-refractivity contribution is 5.69. The fourth-order valence-corrected chi connectivity index (χ4v) is 1.94. The van der Waals surface area contributed by atoms with Gasteiger partial charge in [0.2, 0.25) is 0 Å². The van der Waals surface area contributed by atoms with E-state index in [-0.39, 0.29) is 5.97 Å². The zero-order valence-corrected chi connectivity index (χ0v) is 11.4. The maximum Gasteiger partial charge on any atom is 0.305 e. The van der Waals surface area contributed by atoms with E-state index in [9.17, 15) is 4.79 Å². The van der Waals surface area contributed by atoms with Crippen LogP contribution in [0.1, 0.15) is 66.2 Å². The minimum atomic E-state index is -0.0270. The molecule has 0 radical (unpaired) electrons. The standard InChI is InChI=1S/C14H28O2/c1-5-8-9-14(15)16-11-10-13(7-3)12(4)6-2/h12-13H,5-11H2,1-4H3. The minimum absolute atomic E-state index is 0.0270. The lowest BCUT2D eigenvalue weighted by atomic mass is 9.87. The summed E-state index contributed by atoms with van der Waals surface area (Å²) in [6, 6.07) is 0. The summed E-state index contributed by atoms with van der Waals surface area (Å²) >= 11 is 0. The van der Waals surface area contributed by atoms with Crippen LogP contribution in [0.2, 0.25) is 0 Å². The van der Waals surface area contributed by atoms with Gasteiger partial charge in [-0.3, -0.25) is 4.79 Å². The Kier molecular flexibility index (Phi) is 9.36. The summed E-state index contributed by atoms with van der Waals surface area (Å²) in [6.45, 7) is 9.41. The topological polar surface area (TPSA) is 26.3 Å². The Morgan fingerprint density at radius 1 is 1.19 bits per heavy atom. The molecule has 16 heavy (non-hydrogen) atoms. The van der Waals surface area contributed by atoms with E-state index in [2.05, 4.69) is 27.7 Å². The zero-order valence-electron chi connectivity index (χ0n) is 11.4. The van der Waals surface area contributed by atoms with Gasteiger partial charge in [0.05, 0.1) is 6.61 Å². The quantitative estimate of drug-likeness (QED) is 0.553. The molecule has 0 aliphatic rings. The van der Waals surface area contributed by atoms with Crippen LogP contribution in [0, 0.1) is 11.8 Å². The number of unbranched alkanes of at least 4 members (excludes halogenated alkanes) is 1. The maximum atomic E-state index is 11.3. The Bertz CT molecular complexity index is 178. The van der Waals surface area contributed by atoms with Crippen molar-refractivity contribution in [3.63, 3.8) is 0 Å². The van der Waals surface area contributed by atoms with Gasteiger partial charge in [-0.2, -0.15) is 0 Å². The molecule has 0 aromatic rings. The molecular weight excluding hydrogens is 200 g/mol. The van der Waals surface area contributed by atoms with Crippen LogP contribution < -0.4 is 0 Å². The molecular formula is C14H28O2. The lowest BCUT2D eigenvalue weighted by Crippen LogP contribution is -2.14. The van der Waals surface area contributed by atoms with Crippen molar-refractivity contribution in [1.29, 1.82) is 0 Å². The highest BCUT2D eigenvalue weighted by Gasteiger charge is 2.14. The van der Waals surface area contributed by atoms with Crippen molar-refractivity contribution in [2.75, 3.05) is 6.61 Å². The lowest BCUT2D eigenvalue weighted by molar-refractivity contribution is -0.144. The van der Waals surface area contributed by atoms with E-state index in [0.29, 0.717) is 18.9 Å². The Morgan fingerprint density at radius 2 is 1.88 bits per heavy atom. The lowest BCUT2D eigenvalue weighted by Gasteiger charge is -2.21. The second kappa shape index (κ2) is 9.68. The third-order valence-electron chi connectivity index (χ3n) is 3.46. The molecule has 0 saturated heterocycles. The van der Waals surface area contributed by atoms with Gasteiger partial charge in [-0.1, -0.05) is 47.0 Å². The molecule has 2 nitrogen and oxygen atoms in total. The fourth-order valence-electron chi connectivity index (χ4n) is 1.94. The normalized spacial score (nSPS) is 14.5. The molecule has 0 aliphatic carbocycles. The van der Waals surface area contributed by atoms with Crippen LogP contribution in [-0.2, 0) is 9.53 Å². The average molecular weight is 228 g/mol. The molecule has 0 fully saturated rings. The molecule has 0 aliphatic heterocycles. The number of rotatable bonds is 9. The van der Waals surface area contributed by atoms with Gasteiger partial charge in [0, 0.05) is 6.42 Å². The highest BCUT2D eigenvalue weighted by atomic mass is 16.5. The van der Waals surface area contributed by atoms with Crippen molar-refractivity contribution in [1.82, 2.24) is 0 Å². The SMILES string of the molecule is CCCCC(=O)OCCC(CC)C(C)CC. The number of ether oxygens (including phenoxy) is 1. The molecule has 0 rings (SSSR count). The molecule has 0 amide bonds. The molecule has 0 bridgehead atoms. The van der Waals surface area contributed by atoms with Crippen molar-refractivity contribution in [2.24, 2.45) is 11.8 Å². The van der Waals surface area contributed by atoms with Gasteiger partial charge >= 0.3 is 5.97 Å². The first-order valence-electron chi connectivity index (χ1n) is 6.81. The summed E-state index contributed by atoms with van der Waals surface area (Å²) in [5, 5.41) is 0. The minimum Gasteiger partial charge on any atom is -0.466 e. The van der Waals surface area contributed by atoms with Gasteiger partial charge in [0.25, 0.3) is 0 Å². The number of esters is 1. The Balaban J connectivity index is 3.65. The van der Waals surface area contributed by atoms with Gasteiger partial charge < -0.3 is 4.74 Å². The van der Waals surface area contributed by atoms with Crippen molar-refractivity contribution < 1.29 is 9.53 Å². The summed E-state index contributed by atoms with van der Waals surface area (Å²) in [4.78, 5) is 11.3. The van der Waals surface area contributed by atoms with Crippen LogP contribution in [0.3, 0.4) is 0 Å². The summed E-state index contributed by atoms with van der Waals surface area (Å²) in [5.41, 5.74) is 0. The van der Waals surface area contributed by atoms with Gasteiger partial charge in [-0.15, -0.1) is 0 Å². The van der Waals surface area contributed by atoms with Gasteiger partial charge in [0.1, 0.15) is 0 Å². The number of carbonyl (C=O) groups is 1. The number of hydrogen-bond acceptors (Lipinski definition) is 2. The van der Waals surface area contributed by atoms with Crippen LogP contribution >= 0.6 is 0 Å². The molecule has 0 saturated carbocycles. The summed E-state index contributed by atoms with van der Waals surface area (Å²) < 4.78 is 5.23. The monoisotopic (exact) mass is 228 g/mol. The largest absolute Gasteiger partial charge is 0.466 e. The van der Waals surface area contributed by atoms with E-state index in [1.807, 2.05) is 0 Å². The van der Waals surface area contributed by atoms with Crippen LogP contribution in [0.4, 0.5) is 0 Å². The molecule has 2 atom stereocenters. The Labute approximate surface area is 101 Å². The Hall–Kier alpha value is -0.530. The van der Waals surface area contributed by atoms with Crippen LogP contribution in [0.25, 0.3) is 0 Å². The molecule has 0 aromatic heterocycles.